The van der Waals surface area contributed by atoms with Crippen LogP contribution in [0.25, 0.3) is 6.08 Å². The largest absolute Gasteiger partial charge is 0.359 e. The van der Waals surface area contributed by atoms with Crippen molar-refractivity contribution in [2.24, 2.45) is 4.99 Å². The van der Waals surface area contributed by atoms with Crippen LogP contribution in [0.15, 0.2) is 46.4 Å². The van der Waals surface area contributed by atoms with Gasteiger partial charge in [0.25, 0.3) is 5.91 Å². The minimum absolute atomic E-state index is 0.111. The number of hydrogen-bond acceptors (Lipinski definition) is 6. The van der Waals surface area contributed by atoms with E-state index < -0.39 is 0 Å². The van der Waals surface area contributed by atoms with E-state index in [0.29, 0.717) is 16.1 Å². The highest BCUT2D eigenvalue weighted by Crippen LogP contribution is 2.31. The van der Waals surface area contributed by atoms with Crippen LogP contribution in [-0.2, 0) is 4.79 Å². The van der Waals surface area contributed by atoms with Crippen LogP contribution in [0.2, 0.25) is 0 Å². The third-order valence-corrected chi connectivity index (χ3v) is 6.15. The standard InChI is InChI=1S/C19H20N4OS2/c24-17-16(26-19(23-17)22-14-9-5-2-6-10-14)11-15-12-20-18(25-15)21-13-7-3-1-4-8-13/h2,5-6,9-13H,1,3-4,7-8H2,(H,20,21)(H,22,23,24). The van der Waals surface area contributed by atoms with Crippen LogP contribution in [0.3, 0.4) is 0 Å². The zero-order valence-corrected chi connectivity index (χ0v) is 15.9. The summed E-state index contributed by atoms with van der Waals surface area (Å²) in [5.74, 6) is -0.111. The highest BCUT2D eigenvalue weighted by Gasteiger charge is 2.24. The van der Waals surface area contributed by atoms with E-state index in [2.05, 4.69) is 20.6 Å². The number of amides is 1. The fourth-order valence-electron chi connectivity index (χ4n) is 3.07. The van der Waals surface area contributed by atoms with Crippen LogP contribution in [0.1, 0.15) is 37.0 Å². The molecule has 1 aliphatic carbocycles. The molecule has 2 N–H and O–H groups in total. The van der Waals surface area contributed by atoms with Gasteiger partial charge in [-0.15, -0.1) is 0 Å². The van der Waals surface area contributed by atoms with E-state index in [-0.39, 0.29) is 5.91 Å². The number of thiazole rings is 1. The Balaban J connectivity index is 1.43. The van der Waals surface area contributed by atoms with Gasteiger partial charge < -0.3 is 10.6 Å². The van der Waals surface area contributed by atoms with E-state index >= 15 is 0 Å². The second-order valence-corrected chi connectivity index (χ2v) is 8.46. The van der Waals surface area contributed by atoms with Gasteiger partial charge in [0.2, 0.25) is 0 Å². The molecular weight excluding hydrogens is 364 g/mol. The molecule has 2 aromatic rings. The third kappa shape index (κ3) is 4.34. The number of rotatable bonds is 4. The van der Waals surface area contributed by atoms with Gasteiger partial charge in [-0.05, 0) is 42.8 Å². The van der Waals surface area contributed by atoms with Crippen LogP contribution in [-0.4, -0.2) is 22.1 Å². The summed E-state index contributed by atoms with van der Waals surface area (Å²) >= 11 is 2.95. The molecule has 5 nitrogen and oxygen atoms in total. The lowest BCUT2D eigenvalue weighted by molar-refractivity contribution is -0.115. The average Bonchev–Trinajstić information content (AvgIpc) is 3.23. The third-order valence-electron chi connectivity index (χ3n) is 4.37. The van der Waals surface area contributed by atoms with Crippen molar-refractivity contribution in [3.05, 3.63) is 46.3 Å². The number of aliphatic imine (C=N–C) groups is 1. The molecule has 1 saturated heterocycles. The van der Waals surface area contributed by atoms with Gasteiger partial charge in [0.15, 0.2) is 10.3 Å². The van der Waals surface area contributed by atoms with Crippen molar-refractivity contribution in [2.75, 3.05) is 5.32 Å². The van der Waals surface area contributed by atoms with Gasteiger partial charge in [0.05, 0.1) is 15.5 Å². The smallest absolute Gasteiger partial charge is 0.264 e. The molecule has 0 atom stereocenters. The molecule has 2 fully saturated rings. The lowest BCUT2D eigenvalue weighted by Crippen LogP contribution is -2.21. The molecule has 1 saturated carbocycles. The van der Waals surface area contributed by atoms with Crippen LogP contribution in [0, 0.1) is 0 Å². The summed E-state index contributed by atoms with van der Waals surface area (Å²) in [5, 5.41) is 7.89. The van der Waals surface area contributed by atoms with Crippen molar-refractivity contribution in [3.63, 3.8) is 0 Å². The van der Waals surface area contributed by atoms with Crippen LogP contribution in [0.4, 0.5) is 10.8 Å². The molecule has 4 rings (SSSR count). The Morgan fingerprint density at radius 2 is 2.00 bits per heavy atom. The molecule has 0 unspecified atom stereocenters. The first-order valence-corrected chi connectivity index (χ1v) is 10.5. The van der Waals surface area contributed by atoms with Gasteiger partial charge in [-0.3, -0.25) is 4.79 Å². The Morgan fingerprint density at radius 3 is 2.81 bits per heavy atom. The number of carbonyl (C=O) groups excluding carboxylic acids is 1. The van der Waals surface area contributed by atoms with E-state index in [0.717, 1.165) is 15.7 Å². The molecule has 1 amide bonds. The van der Waals surface area contributed by atoms with E-state index in [1.807, 2.05) is 42.6 Å². The number of para-hydroxylation sites is 1. The first-order valence-electron chi connectivity index (χ1n) is 8.83. The van der Waals surface area contributed by atoms with Crippen molar-refractivity contribution >= 4 is 51.1 Å². The van der Waals surface area contributed by atoms with Crippen LogP contribution >= 0.6 is 23.1 Å². The normalized spacial score (nSPS) is 21.3. The summed E-state index contributed by atoms with van der Waals surface area (Å²) in [6, 6.07) is 10.1. The number of benzene rings is 1. The Hall–Kier alpha value is -2.12. The van der Waals surface area contributed by atoms with Crippen molar-refractivity contribution in [3.8, 4) is 0 Å². The van der Waals surface area contributed by atoms with Gasteiger partial charge in [-0.2, -0.15) is 0 Å². The average molecular weight is 385 g/mol. The fraction of sp³-hybridized carbons (Fsp3) is 0.316. The second kappa shape index (κ2) is 8.05. The minimum atomic E-state index is -0.111. The van der Waals surface area contributed by atoms with Crippen molar-refractivity contribution < 1.29 is 4.79 Å². The predicted molar refractivity (Wildman–Crippen MR) is 110 cm³/mol. The molecule has 26 heavy (non-hydrogen) atoms. The van der Waals surface area contributed by atoms with Crippen LogP contribution < -0.4 is 10.6 Å². The predicted octanol–water partition coefficient (Wildman–Crippen LogP) is 4.78. The molecule has 0 bridgehead atoms. The molecule has 2 heterocycles. The summed E-state index contributed by atoms with van der Waals surface area (Å²) < 4.78 is 0. The maximum atomic E-state index is 12.2. The molecule has 134 valence electrons. The molecule has 0 radical (unpaired) electrons. The number of aromatic nitrogens is 1. The molecule has 2 aliphatic rings. The Morgan fingerprint density at radius 1 is 1.19 bits per heavy atom. The second-order valence-electron chi connectivity index (χ2n) is 6.36. The van der Waals surface area contributed by atoms with Crippen molar-refractivity contribution in [1.29, 1.82) is 0 Å². The van der Waals surface area contributed by atoms with E-state index in [4.69, 9.17) is 0 Å². The number of thioether (sulfide) groups is 1. The summed E-state index contributed by atoms with van der Waals surface area (Å²) in [6.07, 6.45) is 10.1. The maximum Gasteiger partial charge on any atom is 0.264 e. The van der Waals surface area contributed by atoms with Gasteiger partial charge in [-0.1, -0.05) is 48.8 Å². The Labute approximate surface area is 161 Å². The van der Waals surface area contributed by atoms with E-state index in [9.17, 15) is 4.79 Å². The number of nitrogens with zero attached hydrogens (tertiary/aromatic N) is 2. The van der Waals surface area contributed by atoms with Gasteiger partial charge in [0.1, 0.15) is 0 Å². The van der Waals surface area contributed by atoms with Crippen molar-refractivity contribution in [2.45, 2.75) is 38.1 Å². The fourth-order valence-corrected chi connectivity index (χ4v) is 4.81. The molecule has 1 aliphatic heterocycles. The minimum Gasteiger partial charge on any atom is -0.359 e. The van der Waals surface area contributed by atoms with Gasteiger partial charge >= 0.3 is 0 Å². The molecule has 1 aromatic heterocycles. The molecule has 7 heteroatoms. The first kappa shape index (κ1) is 17.3. The highest BCUT2D eigenvalue weighted by molar-refractivity contribution is 8.18. The number of amidine groups is 1. The van der Waals surface area contributed by atoms with Crippen molar-refractivity contribution in [1.82, 2.24) is 10.3 Å². The maximum absolute atomic E-state index is 12.2. The van der Waals surface area contributed by atoms with E-state index in [1.54, 1.807) is 11.3 Å². The Bertz CT molecular complexity index is 838. The number of carbonyl (C=O) groups is 1. The number of nitrogens with one attached hydrogen (secondary N) is 2. The lowest BCUT2D eigenvalue weighted by atomic mass is 9.96. The molecule has 1 aromatic carbocycles. The summed E-state index contributed by atoms with van der Waals surface area (Å²) in [7, 11) is 0. The zero-order chi connectivity index (χ0) is 17.8. The topological polar surface area (TPSA) is 66.4 Å². The number of hydrogen-bond donors (Lipinski definition) is 2. The highest BCUT2D eigenvalue weighted by atomic mass is 32.2. The molecule has 0 spiro atoms. The SMILES string of the molecule is O=C1NC(=Nc2ccccc2)SC1=Cc1cnc(NC2CCCCC2)s1. The van der Waals surface area contributed by atoms with Crippen LogP contribution in [0.5, 0.6) is 0 Å². The Kier molecular flexibility index (Phi) is 5.36. The lowest BCUT2D eigenvalue weighted by Gasteiger charge is -2.22. The van der Waals surface area contributed by atoms with Gasteiger partial charge in [0, 0.05) is 12.2 Å². The zero-order valence-electron chi connectivity index (χ0n) is 14.3. The van der Waals surface area contributed by atoms with Gasteiger partial charge in [-0.25, -0.2) is 9.98 Å². The quantitative estimate of drug-likeness (QED) is 0.745. The molecular formula is C19H20N4OS2. The summed E-state index contributed by atoms with van der Waals surface area (Å²) in [5.41, 5.74) is 0.827. The first-order chi connectivity index (χ1) is 12.8. The number of anilines is 1. The summed E-state index contributed by atoms with van der Waals surface area (Å²) in [4.78, 5) is 22.7. The monoisotopic (exact) mass is 384 g/mol. The summed E-state index contributed by atoms with van der Waals surface area (Å²) in [6.45, 7) is 0. The van der Waals surface area contributed by atoms with E-state index in [1.165, 1.54) is 43.9 Å².